The van der Waals surface area contributed by atoms with Crippen LogP contribution in [0.3, 0.4) is 0 Å². The highest BCUT2D eigenvalue weighted by molar-refractivity contribution is 7.89. The lowest BCUT2D eigenvalue weighted by Gasteiger charge is -2.21. The molecule has 7 nitrogen and oxygen atoms in total. The monoisotopic (exact) mass is 377 g/mol. The van der Waals surface area contributed by atoms with Crippen LogP contribution in [0.4, 0.5) is 0 Å². The highest BCUT2D eigenvalue weighted by atomic mass is 35.5. The van der Waals surface area contributed by atoms with Gasteiger partial charge in [-0.05, 0) is 25.5 Å². The number of carbonyl (C=O) groups is 1. The molecule has 0 bridgehead atoms. The fourth-order valence-electron chi connectivity index (χ4n) is 2.43. The average Bonchev–Trinajstić information content (AvgIpc) is 2.93. The summed E-state index contributed by atoms with van der Waals surface area (Å²) in [7, 11) is -1.95. The van der Waals surface area contributed by atoms with Gasteiger partial charge < -0.3 is 15.3 Å². The number of halogens is 1. The zero-order valence-corrected chi connectivity index (χ0v) is 15.4. The molecule has 136 valence electrons. The van der Waals surface area contributed by atoms with Crippen molar-refractivity contribution in [1.29, 1.82) is 0 Å². The Morgan fingerprint density at radius 1 is 1.38 bits per heavy atom. The van der Waals surface area contributed by atoms with Gasteiger partial charge in [0, 0.05) is 26.7 Å². The van der Waals surface area contributed by atoms with E-state index >= 15 is 0 Å². The SMILES string of the molecule is Cc1ccc(S(=O)(=O)NCCN(C)C(=O)C2CC(O)CN2)cc1.Cl. The average molecular weight is 378 g/mol. The van der Waals surface area contributed by atoms with Gasteiger partial charge >= 0.3 is 0 Å². The van der Waals surface area contributed by atoms with E-state index in [4.69, 9.17) is 0 Å². The van der Waals surface area contributed by atoms with Gasteiger partial charge in [0.05, 0.1) is 17.0 Å². The molecular weight excluding hydrogens is 354 g/mol. The van der Waals surface area contributed by atoms with E-state index in [-0.39, 0.29) is 36.3 Å². The fraction of sp³-hybridized carbons (Fsp3) is 0.533. The first kappa shape index (κ1) is 20.9. The zero-order chi connectivity index (χ0) is 17.0. The molecule has 1 amide bonds. The van der Waals surface area contributed by atoms with Gasteiger partial charge in [0.2, 0.25) is 15.9 Å². The molecule has 1 fully saturated rings. The van der Waals surface area contributed by atoms with Crippen LogP contribution >= 0.6 is 12.4 Å². The van der Waals surface area contributed by atoms with Crippen molar-refractivity contribution in [2.24, 2.45) is 0 Å². The quantitative estimate of drug-likeness (QED) is 0.641. The molecular formula is C15H24ClN3O4S. The molecule has 0 aliphatic carbocycles. The zero-order valence-electron chi connectivity index (χ0n) is 13.7. The molecule has 2 atom stereocenters. The lowest BCUT2D eigenvalue weighted by atomic mass is 10.2. The maximum Gasteiger partial charge on any atom is 0.240 e. The van der Waals surface area contributed by atoms with E-state index in [1.165, 1.54) is 4.90 Å². The minimum absolute atomic E-state index is 0. The molecule has 2 rings (SSSR count). The van der Waals surface area contributed by atoms with E-state index in [9.17, 15) is 18.3 Å². The molecule has 1 aliphatic rings. The Hall–Kier alpha value is -1.19. The molecule has 9 heteroatoms. The maximum atomic E-state index is 12.1. The smallest absolute Gasteiger partial charge is 0.240 e. The van der Waals surface area contributed by atoms with Crippen LogP contribution in [0.5, 0.6) is 0 Å². The first-order chi connectivity index (χ1) is 10.8. The number of nitrogens with zero attached hydrogens (tertiary/aromatic N) is 1. The summed E-state index contributed by atoms with van der Waals surface area (Å²) in [6.45, 7) is 2.69. The van der Waals surface area contributed by atoms with Crippen LogP contribution < -0.4 is 10.0 Å². The topological polar surface area (TPSA) is 98.7 Å². The number of aliphatic hydroxyl groups is 1. The van der Waals surface area contributed by atoms with Gasteiger partial charge in [-0.3, -0.25) is 4.79 Å². The first-order valence-corrected chi connectivity index (χ1v) is 9.00. The van der Waals surface area contributed by atoms with Crippen molar-refractivity contribution in [3.63, 3.8) is 0 Å². The summed E-state index contributed by atoms with van der Waals surface area (Å²) in [5, 5.41) is 12.4. The molecule has 0 saturated carbocycles. The standard InChI is InChI=1S/C15H23N3O4S.ClH/c1-11-3-5-13(6-4-11)23(21,22)17-7-8-18(2)15(20)14-9-12(19)10-16-14;/h3-6,12,14,16-17,19H,7-10H2,1-2H3;1H. The van der Waals surface area contributed by atoms with E-state index in [1.54, 1.807) is 31.3 Å². The number of carbonyl (C=O) groups excluding carboxylic acids is 1. The van der Waals surface area contributed by atoms with Crippen molar-refractivity contribution in [1.82, 2.24) is 14.9 Å². The summed E-state index contributed by atoms with van der Waals surface area (Å²) >= 11 is 0. The summed E-state index contributed by atoms with van der Waals surface area (Å²) in [5.41, 5.74) is 0.987. The fourth-order valence-corrected chi connectivity index (χ4v) is 3.45. The molecule has 1 aromatic carbocycles. The number of sulfonamides is 1. The maximum absolute atomic E-state index is 12.1. The molecule has 0 radical (unpaired) electrons. The van der Waals surface area contributed by atoms with E-state index in [0.717, 1.165) is 5.56 Å². The van der Waals surface area contributed by atoms with Crippen LogP contribution in [0, 0.1) is 6.92 Å². The normalized spacial score (nSPS) is 20.5. The van der Waals surface area contributed by atoms with Crippen LogP contribution in [0.25, 0.3) is 0 Å². The number of likely N-dealkylation sites (N-methyl/N-ethyl adjacent to an activating group) is 1. The van der Waals surface area contributed by atoms with Crippen LogP contribution in [-0.4, -0.2) is 63.2 Å². The Labute approximate surface area is 148 Å². The first-order valence-electron chi connectivity index (χ1n) is 7.52. The summed E-state index contributed by atoms with van der Waals surface area (Å²) in [6, 6.07) is 6.18. The second kappa shape index (κ2) is 8.77. The summed E-state index contributed by atoms with van der Waals surface area (Å²) in [6.07, 6.45) is -0.115. The minimum atomic E-state index is -3.57. The Morgan fingerprint density at radius 3 is 2.54 bits per heavy atom. The second-order valence-corrected chi connectivity index (χ2v) is 7.59. The van der Waals surface area contributed by atoms with Gasteiger partial charge in [-0.15, -0.1) is 12.4 Å². The summed E-state index contributed by atoms with van der Waals surface area (Å²) in [4.78, 5) is 13.8. The van der Waals surface area contributed by atoms with Crippen molar-refractivity contribution in [2.45, 2.75) is 30.4 Å². The number of rotatable bonds is 6. The van der Waals surface area contributed by atoms with Crippen LogP contribution in [0.2, 0.25) is 0 Å². The van der Waals surface area contributed by atoms with E-state index in [2.05, 4.69) is 10.0 Å². The van der Waals surface area contributed by atoms with Gasteiger partial charge in [-0.2, -0.15) is 0 Å². The molecule has 24 heavy (non-hydrogen) atoms. The van der Waals surface area contributed by atoms with Crippen molar-refractivity contribution in [2.75, 3.05) is 26.7 Å². The van der Waals surface area contributed by atoms with E-state index in [0.29, 0.717) is 13.0 Å². The number of nitrogens with one attached hydrogen (secondary N) is 2. The Morgan fingerprint density at radius 2 is 2.00 bits per heavy atom. The molecule has 3 N–H and O–H groups in total. The number of β-amino-alcohol motifs (C(OH)–C–C–N with tert-alkyl or cyclic N) is 1. The number of hydrogen-bond donors (Lipinski definition) is 3. The van der Waals surface area contributed by atoms with Crippen LogP contribution in [0.15, 0.2) is 29.2 Å². The third-order valence-electron chi connectivity index (χ3n) is 3.85. The van der Waals surface area contributed by atoms with Gasteiger partial charge in [-0.25, -0.2) is 13.1 Å². The van der Waals surface area contributed by atoms with Crippen molar-refractivity contribution in [3.05, 3.63) is 29.8 Å². The Balaban J connectivity index is 0.00000288. The highest BCUT2D eigenvalue weighted by Gasteiger charge is 2.29. The molecule has 2 unspecified atom stereocenters. The Bertz CT molecular complexity index is 651. The number of aryl methyl sites for hydroxylation is 1. The summed E-state index contributed by atoms with van der Waals surface area (Å²) in [5.74, 6) is -0.143. The molecule has 1 aromatic rings. The third kappa shape index (κ3) is 5.42. The van der Waals surface area contributed by atoms with Crippen molar-refractivity contribution < 1.29 is 18.3 Å². The molecule has 1 heterocycles. The lowest BCUT2D eigenvalue weighted by molar-refractivity contribution is -0.131. The lowest BCUT2D eigenvalue weighted by Crippen LogP contribution is -2.44. The van der Waals surface area contributed by atoms with Crippen molar-refractivity contribution >= 4 is 28.3 Å². The molecule has 0 aromatic heterocycles. The van der Waals surface area contributed by atoms with Gasteiger partial charge in [-0.1, -0.05) is 17.7 Å². The Kier molecular flexibility index (Phi) is 7.62. The minimum Gasteiger partial charge on any atom is -0.392 e. The van der Waals surface area contributed by atoms with E-state index < -0.39 is 22.2 Å². The van der Waals surface area contributed by atoms with Gasteiger partial charge in [0.25, 0.3) is 0 Å². The molecule has 1 saturated heterocycles. The molecule has 1 aliphatic heterocycles. The largest absolute Gasteiger partial charge is 0.392 e. The van der Waals surface area contributed by atoms with Crippen molar-refractivity contribution in [3.8, 4) is 0 Å². The van der Waals surface area contributed by atoms with E-state index in [1.807, 2.05) is 6.92 Å². The number of aliphatic hydroxyl groups excluding tert-OH is 1. The van der Waals surface area contributed by atoms with Crippen LogP contribution in [0.1, 0.15) is 12.0 Å². The molecule has 0 spiro atoms. The second-order valence-electron chi connectivity index (χ2n) is 5.82. The summed E-state index contributed by atoms with van der Waals surface area (Å²) < 4.78 is 26.8. The third-order valence-corrected chi connectivity index (χ3v) is 5.33. The predicted octanol–water partition coefficient (Wildman–Crippen LogP) is -0.124. The van der Waals surface area contributed by atoms with Crippen LogP contribution in [-0.2, 0) is 14.8 Å². The highest BCUT2D eigenvalue weighted by Crippen LogP contribution is 2.10. The predicted molar refractivity (Wildman–Crippen MR) is 93.7 cm³/mol. The number of benzene rings is 1. The van der Waals surface area contributed by atoms with Gasteiger partial charge in [0.15, 0.2) is 0 Å². The number of hydrogen-bond acceptors (Lipinski definition) is 5. The van der Waals surface area contributed by atoms with Gasteiger partial charge in [0.1, 0.15) is 0 Å². The number of amides is 1.